The maximum absolute atomic E-state index is 12.8. The van der Waals surface area contributed by atoms with Crippen molar-refractivity contribution in [3.63, 3.8) is 0 Å². The van der Waals surface area contributed by atoms with E-state index in [1.165, 1.54) is 12.8 Å². The van der Waals surface area contributed by atoms with Gasteiger partial charge in [0.05, 0.1) is 22.2 Å². The molecule has 6 nitrogen and oxygen atoms in total. The average molecular weight is 421 g/mol. The molecule has 0 radical (unpaired) electrons. The van der Waals surface area contributed by atoms with E-state index in [1.807, 2.05) is 36.7 Å². The number of hydrogen-bond acceptors (Lipinski definition) is 6. The Bertz CT molecular complexity index is 1260. The summed E-state index contributed by atoms with van der Waals surface area (Å²) in [5, 5.41) is 7.11. The minimum Gasteiger partial charge on any atom is -0.494 e. The van der Waals surface area contributed by atoms with Crippen molar-refractivity contribution in [3.05, 3.63) is 51.8 Å². The molecule has 1 atom stereocenters. The number of H-pyrrole nitrogens is 1. The van der Waals surface area contributed by atoms with Crippen molar-refractivity contribution in [2.24, 2.45) is 5.92 Å². The van der Waals surface area contributed by atoms with Gasteiger partial charge in [0.2, 0.25) is 0 Å². The molecular formula is C23H24N4O2S. The molecule has 1 aliphatic heterocycles. The average Bonchev–Trinajstić information content (AvgIpc) is 3.23. The van der Waals surface area contributed by atoms with Crippen LogP contribution in [0.3, 0.4) is 0 Å². The van der Waals surface area contributed by atoms with E-state index in [2.05, 4.69) is 15.3 Å². The second-order valence-corrected chi connectivity index (χ2v) is 8.88. The Balaban J connectivity index is 1.41. The number of rotatable bonds is 5. The van der Waals surface area contributed by atoms with Gasteiger partial charge in [-0.15, -0.1) is 11.3 Å². The molecule has 1 aromatic carbocycles. The Labute approximate surface area is 178 Å². The number of piperidine rings is 1. The Kier molecular flexibility index (Phi) is 5.23. The fourth-order valence-electron chi connectivity index (χ4n) is 4.10. The predicted octanol–water partition coefficient (Wildman–Crippen LogP) is 4.28. The Morgan fingerprint density at radius 1 is 1.30 bits per heavy atom. The lowest BCUT2D eigenvalue weighted by Crippen LogP contribution is -2.30. The molecule has 1 saturated heterocycles. The van der Waals surface area contributed by atoms with E-state index < -0.39 is 0 Å². The number of aromatic nitrogens is 3. The third kappa shape index (κ3) is 3.82. The fourth-order valence-corrected chi connectivity index (χ4v) is 4.84. The molecule has 7 heteroatoms. The third-order valence-electron chi connectivity index (χ3n) is 5.75. The van der Waals surface area contributed by atoms with Crippen LogP contribution >= 0.6 is 11.3 Å². The number of aromatic amines is 1. The largest absolute Gasteiger partial charge is 0.494 e. The van der Waals surface area contributed by atoms with E-state index in [4.69, 9.17) is 9.72 Å². The van der Waals surface area contributed by atoms with Crippen molar-refractivity contribution in [1.82, 2.24) is 20.3 Å². The van der Waals surface area contributed by atoms with Crippen molar-refractivity contribution in [3.8, 4) is 17.3 Å². The topological polar surface area (TPSA) is 79.9 Å². The Morgan fingerprint density at radius 2 is 2.23 bits per heavy atom. The van der Waals surface area contributed by atoms with Crippen molar-refractivity contribution in [2.45, 2.75) is 26.2 Å². The summed E-state index contributed by atoms with van der Waals surface area (Å²) in [7, 11) is 0. The highest BCUT2D eigenvalue weighted by molar-refractivity contribution is 7.17. The molecule has 0 saturated carbocycles. The molecule has 5 rings (SSSR count). The molecule has 1 fully saturated rings. The van der Waals surface area contributed by atoms with Gasteiger partial charge >= 0.3 is 0 Å². The predicted molar refractivity (Wildman–Crippen MR) is 121 cm³/mol. The van der Waals surface area contributed by atoms with E-state index in [0.717, 1.165) is 40.9 Å². The Hall–Kier alpha value is -2.77. The highest BCUT2D eigenvalue weighted by Crippen LogP contribution is 2.26. The zero-order valence-electron chi connectivity index (χ0n) is 16.9. The number of nitrogens with zero attached hydrogens (tertiary/aromatic N) is 2. The first kappa shape index (κ1) is 19.2. The summed E-state index contributed by atoms with van der Waals surface area (Å²) in [5.41, 5.74) is 2.10. The van der Waals surface area contributed by atoms with Crippen molar-refractivity contribution >= 4 is 32.3 Å². The molecule has 154 valence electrons. The van der Waals surface area contributed by atoms with Gasteiger partial charge in [0.1, 0.15) is 11.4 Å². The maximum atomic E-state index is 12.8. The summed E-state index contributed by atoms with van der Waals surface area (Å²) in [6.45, 7) is 4.81. The molecule has 0 spiro atoms. The van der Waals surface area contributed by atoms with Gasteiger partial charge in [-0.25, -0.2) is 4.98 Å². The molecule has 3 aromatic heterocycles. The van der Waals surface area contributed by atoms with Crippen LogP contribution in [0.25, 0.3) is 32.5 Å². The van der Waals surface area contributed by atoms with Crippen LogP contribution in [-0.4, -0.2) is 34.6 Å². The first-order chi connectivity index (χ1) is 14.7. The molecule has 2 N–H and O–H groups in total. The number of pyridine rings is 1. The summed E-state index contributed by atoms with van der Waals surface area (Å²) in [6.07, 6.45) is 5.33. The van der Waals surface area contributed by atoms with E-state index >= 15 is 0 Å². The number of thiophene rings is 1. The molecular weight excluding hydrogens is 396 g/mol. The maximum Gasteiger partial charge on any atom is 0.259 e. The van der Waals surface area contributed by atoms with Gasteiger partial charge in [-0.05, 0) is 85.8 Å². The van der Waals surface area contributed by atoms with Crippen LogP contribution in [0.2, 0.25) is 0 Å². The normalized spacial score (nSPS) is 16.9. The van der Waals surface area contributed by atoms with E-state index in [0.29, 0.717) is 34.9 Å². The first-order valence-electron chi connectivity index (χ1n) is 10.4. The summed E-state index contributed by atoms with van der Waals surface area (Å²) in [5.74, 6) is 1.88. The van der Waals surface area contributed by atoms with Gasteiger partial charge in [-0.1, -0.05) is 0 Å². The van der Waals surface area contributed by atoms with Crippen LogP contribution in [-0.2, 0) is 0 Å². The summed E-state index contributed by atoms with van der Waals surface area (Å²) >= 11 is 1.64. The van der Waals surface area contributed by atoms with Crippen LogP contribution in [0.15, 0.2) is 40.6 Å². The van der Waals surface area contributed by atoms with Gasteiger partial charge in [-0.2, -0.15) is 0 Å². The van der Waals surface area contributed by atoms with Crippen molar-refractivity contribution in [1.29, 1.82) is 0 Å². The summed E-state index contributed by atoms with van der Waals surface area (Å²) in [4.78, 5) is 24.9. The molecule has 4 aromatic rings. The van der Waals surface area contributed by atoms with Crippen LogP contribution in [0, 0.1) is 12.8 Å². The molecule has 0 amide bonds. The quantitative estimate of drug-likeness (QED) is 0.504. The van der Waals surface area contributed by atoms with Crippen LogP contribution in [0.1, 0.15) is 24.8 Å². The first-order valence-corrected chi connectivity index (χ1v) is 11.3. The lowest BCUT2D eigenvalue weighted by molar-refractivity contribution is 0.254. The SMILES string of the molecule is Cc1cc(OCCC2CCCNC2)cc2c(=O)[nH]c(-c3cc4ccsc4cn3)nc12. The van der Waals surface area contributed by atoms with E-state index in [9.17, 15) is 4.79 Å². The summed E-state index contributed by atoms with van der Waals surface area (Å²) < 4.78 is 7.10. The highest BCUT2D eigenvalue weighted by Gasteiger charge is 2.14. The molecule has 0 aliphatic carbocycles. The van der Waals surface area contributed by atoms with Gasteiger partial charge in [-0.3, -0.25) is 9.78 Å². The number of fused-ring (bicyclic) bond motifs is 2. The molecule has 1 aliphatic rings. The Morgan fingerprint density at radius 3 is 3.10 bits per heavy atom. The van der Waals surface area contributed by atoms with Crippen molar-refractivity contribution < 1.29 is 4.74 Å². The number of nitrogens with one attached hydrogen (secondary N) is 2. The minimum atomic E-state index is -0.174. The molecule has 1 unspecified atom stereocenters. The smallest absolute Gasteiger partial charge is 0.259 e. The number of ether oxygens (including phenoxy) is 1. The molecule has 0 bridgehead atoms. The van der Waals surface area contributed by atoms with Crippen molar-refractivity contribution in [2.75, 3.05) is 19.7 Å². The standard InChI is InChI=1S/C23H24N4O2S/c1-14-9-17(29-7-4-15-3-2-6-24-12-15)11-18-21(14)26-22(27-23(18)28)19-10-16-5-8-30-20(16)13-25-19/h5,8-11,13,15,24H,2-4,6-7,12H2,1H3,(H,26,27,28). The third-order valence-corrected chi connectivity index (χ3v) is 6.62. The second kappa shape index (κ2) is 8.16. The fraction of sp³-hybridized carbons (Fsp3) is 0.348. The summed E-state index contributed by atoms with van der Waals surface area (Å²) in [6, 6.07) is 7.77. The molecule has 30 heavy (non-hydrogen) atoms. The van der Waals surface area contributed by atoms with E-state index in [-0.39, 0.29) is 5.56 Å². The second-order valence-electron chi connectivity index (χ2n) is 7.93. The van der Waals surface area contributed by atoms with Crippen LogP contribution in [0.4, 0.5) is 0 Å². The number of aryl methyl sites for hydroxylation is 1. The monoisotopic (exact) mass is 420 g/mol. The number of benzene rings is 1. The van der Waals surface area contributed by atoms with Gasteiger partial charge in [0.15, 0.2) is 5.82 Å². The zero-order chi connectivity index (χ0) is 20.5. The number of hydrogen-bond donors (Lipinski definition) is 2. The highest BCUT2D eigenvalue weighted by atomic mass is 32.1. The lowest BCUT2D eigenvalue weighted by Gasteiger charge is -2.22. The van der Waals surface area contributed by atoms with E-state index in [1.54, 1.807) is 17.4 Å². The zero-order valence-corrected chi connectivity index (χ0v) is 17.7. The van der Waals surface area contributed by atoms with Gasteiger partial charge in [0.25, 0.3) is 5.56 Å². The molecule has 4 heterocycles. The van der Waals surface area contributed by atoms with Gasteiger partial charge in [0, 0.05) is 6.20 Å². The van der Waals surface area contributed by atoms with Crippen LogP contribution in [0.5, 0.6) is 5.75 Å². The van der Waals surface area contributed by atoms with Crippen LogP contribution < -0.4 is 15.6 Å². The van der Waals surface area contributed by atoms with Gasteiger partial charge < -0.3 is 15.0 Å². The lowest BCUT2D eigenvalue weighted by atomic mass is 9.97. The minimum absolute atomic E-state index is 0.174.